The summed E-state index contributed by atoms with van der Waals surface area (Å²) in [5.74, 6) is -0.918. The molecular weight excluding hydrogens is 266 g/mol. The summed E-state index contributed by atoms with van der Waals surface area (Å²) in [7, 11) is 0. The van der Waals surface area contributed by atoms with Crippen molar-refractivity contribution in [2.75, 3.05) is 0 Å². The number of aromatic nitrogens is 1. The SMILES string of the molecule is O=C(O)c1ccc2c(c1)c(O)cc1c3ccccc3[nH]c21. The topological polar surface area (TPSA) is 73.3 Å². The molecular formula is C17H11NO3. The fourth-order valence-electron chi connectivity index (χ4n) is 2.85. The number of aromatic hydroxyl groups is 1. The molecule has 3 N–H and O–H groups in total. The molecule has 0 aliphatic heterocycles. The highest BCUT2D eigenvalue weighted by molar-refractivity contribution is 6.19. The lowest BCUT2D eigenvalue weighted by Crippen LogP contribution is -1.95. The van der Waals surface area contributed by atoms with Crippen LogP contribution >= 0.6 is 0 Å². The Morgan fingerprint density at radius 1 is 0.905 bits per heavy atom. The van der Waals surface area contributed by atoms with Crippen molar-refractivity contribution in [1.82, 2.24) is 4.98 Å². The van der Waals surface area contributed by atoms with Crippen LogP contribution in [-0.2, 0) is 0 Å². The minimum atomic E-state index is -1.01. The zero-order chi connectivity index (χ0) is 14.6. The number of hydrogen-bond donors (Lipinski definition) is 3. The standard InChI is InChI=1S/C17H11NO3/c19-15-8-13-10-3-1-2-4-14(10)18-16(13)11-6-5-9(17(20)21)7-12(11)15/h1-8,18-19H,(H,20,21). The molecule has 4 rings (SSSR count). The predicted molar refractivity (Wildman–Crippen MR) is 81.9 cm³/mol. The van der Waals surface area contributed by atoms with Crippen molar-refractivity contribution in [2.45, 2.75) is 0 Å². The molecule has 4 aromatic rings. The molecule has 0 aliphatic rings. The number of benzene rings is 3. The Balaban J connectivity index is 2.21. The molecule has 0 radical (unpaired) electrons. The van der Waals surface area contributed by atoms with Gasteiger partial charge in [-0.2, -0.15) is 0 Å². The van der Waals surface area contributed by atoms with Crippen LogP contribution in [0.1, 0.15) is 10.4 Å². The minimum Gasteiger partial charge on any atom is -0.507 e. The number of fused-ring (bicyclic) bond motifs is 5. The van der Waals surface area contributed by atoms with Crippen molar-refractivity contribution < 1.29 is 15.0 Å². The van der Waals surface area contributed by atoms with Gasteiger partial charge in [0.15, 0.2) is 0 Å². The van der Waals surface area contributed by atoms with Crippen LogP contribution in [-0.4, -0.2) is 21.2 Å². The summed E-state index contributed by atoms with van der Waals surface area (Å²) in [6.07, 6.45) is 0. The van der Waals surface area contributed by atoms with Crippen molar-refractivity contribution in [3.63, 3.8) is 0 Å². The van der Waals surface area contributed by atoms with Crippen LogP contribution in [0.3, 0.4) is 0 Å². The monoisotopic (exact) mass is 277 g/mol. The summed E-state index contributed by atoms with van der Waals surface area (Å²) in [6.45, 7) is 0. The number of hydrogen-bond acceptors (Lipinski definition) is 2. The second kappa shape index (κ2) is 3.99. The lowest BCUT2D eigenvalue weighted by atomic mass is 10.0. The number of nitrogens with one attached hydrogen (secondary N) is 1. The maximum absolute atomic E-state index is 11.1. The zero-order valence-corrected chi connectivity index (χ0v) is 10.9. The van der Waals surface area contributed by atoms with Crippen molar-refractivity contribution in [1.29, 1.82) is 0 Å². The highest BCUT2D eigenvalue weighted by atomic mass is 16.4. The first-order valence-corrected chi connectivity index (χ1v) is 6.54. The van der Waals surface area contributed by atoms with Crippen LogP contribution in [0.4, 0.5) is 0 Å². The largest absolute Gasteiger partial charge is 0.507 e. The van der Waals surface area contributed by atoms with E-state index in [1.807, 2.05) is 24.3 Å². The van der Waals surface area contributed by atoms with Gasteiger partial charge in [-0.1, -0.05) is 24.3 Å². The van der Waals surface area contributed by atoms with E-state index in [9.17, 15) is 9.90 Å². The molecule has 0 saturated heterocycles. The first-order valence-electron chi connectivity index (χ1n) is 6.54. The second-order valence-corrected chi connectivity index (χ2v) is 5.05. The van der Waals surface area contributed by atoms with Gasteiger partial charge >= 0.3 is 5.97 Å². The van der Waals surface area contributed by atoms with Gasteiger partial charge in [-0.25, -0.2) is 4.79 Å². The highest BCUT2D eigenvalue weighted by Gasteiger charge is 2.13. The Hall–Kier alpha value is -3.01. The number of phenols is 1. The number of rotatable bonds is 1. The van der Waals surface area contributed by atoms with E-state index in [0.29, 0.717) is 5.39 Å². The summed E-state index contributed by atoms with van der Waals surface area (Å²) in [5, 5.41) is 22.6. The molecule has 4 heteroatoms. The molecule has 0 bridgehead atoms. The molecule has 0 fully saturated rings. The molecule has 1 aromatic heterocycles. The number of carboxylic acid groups (broad SMARTS) is 1. The van der Waals surface area contributed by atoms with Gasteiger partial charge in [0.25, 0.3) is 0 Å². The highest BCUT2D eigenvalue weighted by Crippen LogP contribution is 2.36. The van der Waals surface area contributed by atoms with Crippen LogP contribution in [0.25, 0.3) is 32.6 Å². The number of H-pyrrole nitrogens is 1. The molecule has 3 aromatic carbocycles. The van der Waals surface area contributed by atoms with Gasteiger partial charge < -0.3 is 15.2 Å². The molecule has 4 nitrogen and oxygen atoms in total. The summed E-state index contributed by atoms with van der Waals surface area (Å²) in [4.78, 5) is 14.4. The van der Waals surface area contributed by atoms with Gasteiger partial charge in [-0.15, -0.1) is 0 Å². The summed E-state index contributed by atoms with van der Waals surface area (Å²) < 4.78 is 0. The van der Waals surface area contributed by atoms with E-state index >= 15 is 0 Å². The molecule has 0 amide bonds. The Morgan fingerprint density at radius 2 is 1.71 bits per heavy atom. The van der Waals surface area contributed by atoms with Gasteiger partial charge in [0.2, 0.25) is 0 Å². The minimum absolute atomic E-state index is 0.0883. The van der Waals surface area contributed by atoms with Gasteiger partial charge in [0, 0.05) is 27.1 Å². The Bertz CT molecular complexity index is 1030. The first-order chi connectivity index (χ1) is 10.1. The van der Waals surface area contributed by atoms with E-state index in [1.165, 1.54) is 6.07 Å². The van der Waals surface area contributed by atoms with Crippen molar-refractivity contribution >= 4 is 38.5 Å². The molecule has 102 valence electrons. The van der Waals surface area contributed by atoms with E-state index in [0.717, 1.165) is 27.2 Å². The van der Waals surface area contributed by atoms with Gasteiger partial charge in [-0.05, 0) is 24.3 Å². The molecule has 0 spiro atoms. The van der Waals surface area contributed by atoms with Crippen molar-refractivity contribution in [2.24, 2.45) is 0 Å². The number of aromatic amines is 1. The lowest BCUT2D eigenvalue weighted by Gasteiger charge is -2.04. The Labute approximate surface area is 119 Å². The van der Waals surface area contributed by atoms with Crippen LogP contribution < -0.4 is 0 Å². The number of para-hydroxylation sites is 1. The Morgan fingerprint density at radius 3 is 2.52 bits per heavy atom. The summed E-state index contributed by atoms with van der Waals surface area (Å²) in [6, 6.07) is 14.3. The fraction of sp³-hybridized carbons (Fsp3) is 0. The third kappa shape index (κ3) is 1.59. The van der Waals surface area contributed by atoms with E-state index in [2.05, 4.69) is 4.98 Å². The number of aromatic carboxylic acids is 1. The van der Waals surface area contributed by atoms with Crippen LogP contribution in [0.15, 0.2) is 48.5 Å². The summed E-state index contributed by atoms with van der Waals surface area (Å²) in [5.41, 5.74) is 2.05. The van der Waals surface area contributed by atoms with Gasteiger partial charge in [0.1, 0.15) is 5.75 Å². The van der Waals surface area contributed by atoms with Crippen LogP contribution in [0.2, 0.25) is 0 Å². The Kier molecular flexibility index (Phi) is 2.24. The second-order valence-electron chi connectivity index (χ2n) is 5.05. The molecule has 0 atom stereocenters. The quantitative estimate of drug-likeness (QED) is 0.494. The zero-order valence-electron chi connectivity index (χ0n) is 10.9. The molecule has 21 heavy (non-hydrogen) atoms. The van der Waals surface area contributed by atoms with E-state index in [-0.39, 0.29) is 11.3 Å². The third-order valence-corrected chi connectivity index (χ3v) is 3.84. The van der Waals surface area contributed by atoms with Crippen molar-refractivity contribution in [3.8, 4) is 5.75 Å². The first kappa shape index (κ1) is 11.8. The van der Waals surface area contributed by atoms with E-state index in [4.69, 9.17) is 5.11 Å². The normalized spacial score (nSPS) is 11.4. The third-order valence-electron chi connectivity index (χ3n) is 3.84. The number of carboxylic acids is 1. The predicted octanol–water partition coefficient (Wildman–Crippen LogP) is 3.88. The fourth-order valence-corrected chi connectivity index (χ4v) is 2.85. The van der Waals surface area contributed by atoms with Gasteiger partial charge in [0.05, 0.1) is 11.1 Å². The number of carbonyl (C=O) groups is 1. The van der Waals surface area contributed by atoms with Crippen molar-refractivity contribution in [3.05, 3.63) is 54.1 Å². The molecule has 0 unspecified atom stereocenters. The number of phenolic OH excluding ortho intramolecular Hbond substituents is 1. The van der Waals surface area contributed by atoms with Gasteiger partial charge in [-0.3, -0.25) is 0 Å². The maximum Gasteiger partial charge on any atom is 0.335 e. The molecule has 1 heterocycles. The lowest BCUT2D eigenvalue weighted by molar-refractivity contribution is 0.0697. The van der Waals surface area contributed by atoms with E-state index in [1.54, 1.807) is 18.2 Å². The van der Waals surface area contributed by atoms with E-state index < -0.39 is 5.97 Å². The average molecular weight is 277 g/mol. The maximum atomic E-state index is 11.1. The molecule has 0 aliphatic carbocycles. The smallest absolute Gasteiger partial charge is 0.335 e. The molecule has 0 saturated carbocycles. The average Bonchev–Trinajstić information content (AvgIpc) is 2.86. The van der Waals surface area contributed by atoms with Crippen LogP contribution in [0, 0.1) is 0 Å². The van der Waals surface area contributed by atoms with Crippen LogP contribution in [0.5, 0.6) is 5.75 Å². The summed E-state index contributed by atoms with van der Waals surface area (Å²) >= 11 is 0.